The summed E-state index contributed by atoms with van der Waals surface area (Å²) >= 11 is 0. The van der Waals surface area contributed by atoms with Gasteiger partial charge in [-0.15, -0.1) is 12.4 Å². The molecular formula is C11H15ClF2N2O2. The van der Waals surface area contributed by atoms with E-state index in [-0.39, 0.29) is 24.9 Å². The van der Waals surface area contributed by atoms with Crippen LogP contribution in [-0.2, 0) is 4.79 Å². The third-order valence-corrected chi connectivity index (χ3v) is 2.02. The van der Waals surface area contributed by atoms with E-state index < -0.39 is 13.0 Å². The molecule has 0 saturated carbocycles. The molecule has 0 radical (unpaired) electrons. The lowest BCUT2D eigenvalue weighted by molar-refractivity contribution is -0.114. The van der Waals surface area contributed by atoms with Crippen LogP contribution in [0.2, 0.25) is 0 Å². The van der Waals surface area contributed by atoms with E-state index in [2.05, 4.69) is 5.32 Å². The van der Waals surface area contributed by atoms with E-state index in [4.69, 9.17) is 10.5 Å². The maximum Gasteiger partial charge on any atom is 0.272 e. The van der Waals surface area contributed by atoms with Gasteiger partial charge in [0.1, 0.15) is 12.4 Å². The Morgan fingerprint density at radius 1 is 1.50 bits per heavy atom. The van der Waals surface area contributed by atoms with Gasteiger partial charge in [-0.25, -0.2) is 8.78 Å². The van der Waals surface area contributed by atoms with Crippen molar-refractivity contribution in [3.8, 4) is 5.75 Å². The average molecular weight is 281 g/mol. The van der Waals surface area contributed by atoms with Crippen LogP contribution >= 0.6 is 12.4 Å². The lowest BCUT2D eigenvalue weighted by Crippen LogP contribution is -2.21. The van der Waals surface area contributed by atoms with Crippen LogP contribution in [0.25, 0.3) is 0 Å². The smallest absolute Gasteiger partial charge is 0.272 e. The van der Waals surface area contributed by atoms with E-state index in [1.807, 2.05) is 0 Å². The second-order valence-corrected chi connectivity index (χ2v) is 3.43. The van der Waals surface area contributed by atoms with Crippen molar-refractivity contribution in [1.29, 1.82) is 0 Å². The maximum atomic E-state index is 12.0. The second-order valence-electron chi connectivity index (χ2n) is 3.43. The fourth-order valence-electron chi connectivity index (χ4n) is 1.20. The predicted molar refractivity (Wildman–Crippen MR) is 67.6 cm³/mol. The summed E-state index contributed by atoms with van der Waals surface area (Å²) in [5.74, 6) is -0.0335. The molecule has 3 N–H and O–H groups in total. The summed E-state index contributed by atoms with van der Waals surface area (Å²) in [5.41, 5.74) is 6.33. The average Bonchev–Trinajstić information content (AvgIpc) is 2.29. The first-order chi connectivity index (χ1) is 8.02. The van der Waals surface area contributed by atoms with Gasteiger partial charge in [0, 0.05) is 11.8 Å². The summed E-state index contributed by atoms with van der Waals surface area (Å²) in [6.45, 7) is 0.922. The van der Waals surface area contributed by atoms with E-state index >= 15 is 0 Å². The molecule has 1 rings (SSSR count). The standard InChI is InChI=1S/C11H14F2N2O2.ClH/c1-7-2-3-8(15-11(16)5-14)4-9(7)17-6-10(12)13;/h2-4,10H,5-6,14H2,1H3,(H,15,16);1H. The monoisotopic (exact) mass is 280 g/mol. The Hall–Kier alpha value is -1.40. The molecule has 0 aliphatic heterocycles. The number of anilines is 1. The van der Waals surface area contributed by atoms with E-state index in [0.29, 0.717) is 11.4 Å². The van der Waals surface area contributed by atoms with Crippen molar-refractivity contribution < 1.29 is 18.3 Å². The van der Waals surface area contributed by atoms with Gasteiger partial charge in [0.05, 0.1) is 6.54 Å². The molecular weight excluding hydrogens is 266 g/mol. The van der Waals surface area contributed by atoms with E-state index in [1.165, 1.54) is 6.07 Å². The van der Waals surface area contributed by atoms with Gasteiger partial charge in [-0.1, -0.05) is 6.07 Å². The molecule has 7 heteroatoms. The molecule has 1 amide bonds. The quantitative estimate of drug-likeness (QED) is 0.866. The van der Waals surface area contributed by atoms with Gasteiger partial charge in [-0.2, -0.15) is 0 Å². The van der Waals surface area contributed by atoms with Crippen LogP contribution in [0.4, 0.5) is 14.5 Å². The fourth-order valence-corrected chi connectivity index (χ4v) is 1.20. The molecule has 0 fully saturated rings. The molecule has 0 saturated heterocycles. The number of rotatable bonds is 5. The number of aryl methyl sites for hydroxylation is 1. The number of nitrogens with two attached hydrogens (primary N) is 1. The number of hydrogen-bond donors (Lipinski definition) is 2. The molecule has 0 spiro atoms. The molecule has 0 aliphatic rings. The third-order valence-electron chi connectivity index (χ3n) is 2.02. The minimum atomic E-state index is -2.53. The number of halogens is 3. The van der Waals surface area contributed by atoms with Crippen LogP contribution < -0.4 is 15.8 Å². The van der Waals surface area contributed by atoms with Gasteiger partial charge in [0.25, 0.3) is 6.43 Å². The van der Waals surface area contributed by atoms with Crippen molar-refractivity contribution >= 4 is 24.0 Å². The van der Waals surface area contributed by atoms with Crippen LogP contribution in [0.15, 0.2) is 18.2 Å². The van der Waals surface area contributed by atoms with E-state index in [9.17, 15) is 13.6 Å². The van der Waals surface area contributed by atoms with Crippen molar-refractivity contribution in [3.05, 3.63) is 23.8 Å². The molecule has 4 nitrogen and oxygen atoms in total. The zero-order chi connectivity index (χ0) is 12.8. The first kappa shape index (κ1) is 16.6. The van der Waals surface area contributed by atoms with Crippen LogP contribution in [-0.4, -0.2) is 25.5 Å². The largest absolute Gasteiger partial charge is 0.487 e. The molecule has 1 aromatic carbocycles. The minimum Gasteiger partial charge on any atom is -0.487 e. The lowest BCUT2D eigenvalue weighted by atomic mass is 10.2. The zero-order valence-corrected chi connectivity index (χ0v) is 10.6. The van der Waals surface area contributed by atoms with Crippen molar-refractivity contribution in [2.45, 2.75) is 13.3 Å². The normalized spacial score (nSPS) is 9.83. The molecule has 0 aliphatic carbocycles. The Morgan fingerprint density at radius 2 is 2.17 bits per heavy atom. The molecule has 0 atom stereocenters. The second kappa shape index (κ2) is 7.84. The topological polar surface area (TPSA) is 64.4 Å². The van der Waals surface area contributed by atoms with Crippen LogP contribution in [0.3, 0.4) is 0 Å². The third kappa shape index (κ3) is 5.29. The first-order valence-corrected chi connectivity index (χ1v) is 5.04. The summed E-state index contributed by atoms with van der Waals surface area (Å²) in [4.78, 5) is 11.0. The minimum absolute atomic E-state index is 0. The van der Waals surface area contributed by atoms with Crippen molar-refractivity contribution in [1.82, 2.24) is 0 Å². The van der Waals surface area contributed by atoms with Gasteiger partial charge in [-0.3, -0.25) is 4.79 Å². The number of benzene rings is 1. The molecule has 102 valence electrons. The SMILES string of the molecule is Cc1ccc(NC(=O)CN)cc1OCC(F)F.Cl. The molecule has 0 unspecified atom stereocenters. The summed E-state index contributed by atoms with van der Waals surface area (Å²) in [6.07, 6.45) is -2.53. The Balaban J connectivity index is 0.00000289. The molecule has 0 heterocycles. The number of carbonyl (C=O) groups is 1. The van der Waals surface area contributed by atoms with Gasteiger partial charge in [0.15, 0.2) is 0 Å². The Bertz CT molecular complexity index is 403. The van der Waals surface area contributed by atoms with Crippen LogP contribution in [0.5, 0.6) is 5.75 Å². The number of amides is 1. The van der Waals surface area contributed by atoms with Crippen molar-refractivity contribution in [2.75, 3.05) is 18.5 Å². The number of ether oxygens (including phenoxy) is 1. The van der Waals surface area contributed by atoms with Crippen molar-refractivity contribution in [3.63, 3.8) is 0 Å². The summed E-state index contributed by atoms with van der Waals surface area (Å²) < 4.78 is 28.9. The number of hydrogen-bond acceptors (Lipinski definition) is 3. The Labute approximate surface area is 110 Å². The highest BCUT2D eigenvalue weighted by atomic mass is 35.5. The summed E-state index contributed by atoms with van der Waals surface area (Å²) in [5, 5.41) is 2.52. The van der Waals surface area contributed by atoms with Gasteiger partial charge in [0.2, 0.25) is 5.91 Å². The fraction of sp³-hybridized carbons (Fsp3) is 0.364. The zero-order valence-electron chi connectivity index (χ0n) is 9.78. The summed E-state index contributed by atoms with van der Waals surface area (Å²) in [6, 6.07) is 4.82. The Morgan fingerprint density at radius 3 is 2.72 bits per heavy atom. The van der Waals surface area contributed by atoms with Crippen LogP contribution in [0.1, 0.15) is 5.56 Å². The lowest BCUT2D eigenvalue weighted by Gasteiger charge is -2.11. The number of nitrogens with one attached hydrogen (secondary N) is 1. The molecule has 1 aromatic rings. The predicted octanol–water partition coefficient (Wildman–Crippen LogP) is 1.96. The molecule has 0 aromatic heterocycles. The highest BCUT2D eigenvalue weighted by Crippen LogP contribution is 2.23. The molecule has 0 bridgehead atoms. The van der Waals surface area contributed by atoms with Gasteiger partial charge in [-0.05, 0) is 18.6 Å². The van der Waals surface area contributed by atoms with E-state index in [0.717, 1.165) is 5.56 Å². The highest BCUT2D eigenvalue weighted by molar-refractivity contribution is 5.92. The van der Waals surface area contributed by atoms with E-state index in [1.54, 1.807) is 19.1 Å². The molecule has 18 heavy (non-hydrogen) atoms. The Kier molecular flexibility index (Phi) is 7.23. The summed E-state index contributed by atoms with van der Waals surface area (Å²) in [7, 11) is 0. The van der Waals surface area contributed by atoms with Gasteiger partial charge >= 0.3 is 0 Å². The maximum absolute atomic E-state index is 12.0. The number of alkyl halides is 2. The van der Waals surface area contributed by atoms with Crippen molar-refractivity contribution in [2.24, 2.45) is 5.73 Å². The van der Waals surface area contributed by atoms with Crippen LogP contribution in [0, 0.1) is 6.92 Å². The highest BCUT2D eigenvalue weighted by Gasteiger charge is 2.07. The van der Waals surface area contributed by atoms with Gasteiger partial charge < -0.3 is 15.8 Å². The number of carbonyl (C=O) groups excluding carboxylic acids is 1. The first-order valence-electron chi connectivity index (χ1n) is 5.04.